The van der Waals surface area contributed by atoms with Crippen molar-refractivity contribution in [3.63, 3.8) is 0 Å². The predicted octanol–water partition coefficient (Wildman–Crippen LogP) is 1.17. The van der Waals surface area contributed by atoms with Gasteiger partial charge in [-0.15, -0.1) is 0 Å². The van der Waals surface area contributed by atoms with E-state index in [1.165, 1.54) is 0 Å². The highest BCUT2D eigenvalue weighted by atomic mass is 16.4. The van der Waals surface area contributed by atoms with Gasteiger partial charge < -0.3 is 5.11 Å². The first-order valence-electron chi connectivity index (χ1n) is 4.83. The Morgan fingerprint density at radius 1 is 1.71 bits per heavy atom. The van der Waals surface area contributed by atoms with E-state index in [1.54, 1.807) is 4.68 Å². The standard InChI is InChI=1S/C10H14N2O2/c1-6-3-7(10(13)14)4-8-5-12(2)11-9(6)8/h5-7H,3-4H2,1-2H3,(H,13,14). The van der Waals surface area contributed by atoms with Crippen LogP contribution >= 0.6 is 0 Å². The third-order valence-electron chi connectivity index (χ3n) is 2.86. The van der Waals surface area contributed by atoms with Crippen LogP contribution in [0.3, 0.4) is 0 Å². The van der Waals surface area contributed by atoms with Gasteiger partial charge in [0.2, 0.25) is 0 Å². The number of carbonyl (C=O) groups is 1. The average Bonchev–Trinajstić information content (AvgIpc) is 2.45. The zero-order valence-electron chi connectivity index (χ0n) is 8.40. The molecule has 1 aromatic heterocycles. The quantitative estimate of drug-likeness (QED) is 0.730. The molecule has 0 fully saturated rings. The molecule has 0 aliphatic heterocycles. The summed E-state index contributed by atoms with van der Waals surface area (Å²) in [6.07, 6.45) is 3.27. The van der Waals surface area contributed by atoms with E-state index >= 15 is 0 Å². The van der Waals surface area contributed by atoms with Crippen molar-refractivity contribution in [1.82, 2.24) is 9.78 Å². The minimum Gasteiger partial charge on any atom is -0.481 e. The number of carboxylic acids is 1. The zero-order chi connectivity index (χ0) is 10.3. The molecule has 1 aliphatic carbocycles. The lowest BCUT2D eigenvalue weighted by Crippen LogP contribution is -2.23. The first-order valence-corrected chi connectivity index (χ1v) is 4.83. The van der Waals surface area contributed by atoms with Crippen molar-refractivity contribution < 1.29 is 9.90 Å². The number of hydrogen-bond acceptors (Lipinski definition) is 2. The predicted molar refractivity (Wildman–Crippen MR) is 51.1 cm³/mol. The van der Waals surface area contributed by atoms with E-state index in [0.29, 0.717) is 12.8 Å². The fourth-order valence-electron chi connectivity index (χ4n) is 2.20. The summed E-state index contributed by atoms with van der Waals surface area (Å²) < 4.78 is 1.77. The minimum absolute atomic E-state index is 0.235. The highest BCUT2D eigenvalue weighted by molar-refractivity contribution is 5.71. The molecule has 1 aliphatic rings. The molecule has 1 aromatic rings. The van der Waals surface area contributed by atoms with Gasteiger partial charge in [0, 0.05) is 19.2 Å². The minimum atomic E-state index is -0.689. The lowest BCUT2D eigenvalue weighted by atomic mass is 9.81. The van der Waals surface area contributed by atoms with Gasteiger partial charge in [0.25, 0.3) is 0 Å². The summed E-state index contributed by atoms with van der Waals surface area (Å²) in [4.78, 5) is 10.9. The van der Waals surface area contributed by atoms with E-state index in [4.69, 9.17) is 5.11 Å². The van der Waals surface area contributed by atoms with E-state index in [1.807, 2.05) is 20.2 Å². The van der Waals surface area contributed by atoms with Crippen molar-refractivity contribution in [2.75, 3.05) is 0 Å². The molecular weight excluding hydrogens is 180 g/mol. The number of hydrogen-bond donors (Lipinski definition) is 1. The third-order valence-corrected chi connectivity index (χ3v) is 2.86. The van der Waals surface area contributed by atoms with Crippen LogP contribution in [0.1, 0.15) is 30.5 Å². The average molecular weight is 194 g/mol. The van der Waals surface area contributed by atoms with Crippen molar-refractivity contribution in [2.45, 2.75) is 25.7 Å². The molecule has 0 amide bonds. The third kappa shape index (κ3) is 1.41. The van der Waals surface area contributed by atoms with Crippen molar-refractivity contribution >= 4 is 5.97 Å². The molecule has 1 heterocycles. The lowest BCUT2D eigenvalue weighted by Gasteiger charge is -2.22. The maximum absolute atomic E-state index is 10.9. The van der Waals surface area contributed by atoms with Crippen LogP contribution in [0.4, 0.5) is 0 Å². The summed E-state index contributed by atoms with van der Waals surface area (Å²) in [5.41, 5.74) is 2.17. The number of aromatic nitrogens is 2. The Hall–Kier alpha value is -1.32. The van der Waals surface area contributed by atoms with Crippen molar-refractivity contribution in [1.29, 1.82) is 0 Å². The van der Waals surface area contributed by atoms with Crippen molar-refractivity contribution in [3.8, 4) is 0 Å². The van der Waals surface area contributed by atoms with Crippen molar-refractivity contribution in [2.24, 2.45) is 13.0 Å². The number of nitrogens with zero attached hydrogens (tertiary/aromatic N) is 2. The molecule has 2 rings (SSSR count). The second-order valence-electron chi connectivity index (χ2n) is 4.09. The van der Waals surface area contributed by atoms with Crippen LogP contribution in [0.5, 0.6) is 0 Å². The van der Waals surface area contributed by atoms with Gasteiger partial charge in [-0.2, -0.15) is 5.10 Å². The van der Waals surface area contributed by atoms with Crippen LogP contribution < -0.4 is 0 Å². The maximum atomic E-state index is 10.9. The summed E-state index contributed by atoms with van der Waals surface area (Å²) in [5.74, 6) is -0.658. The van der Waals surface area contributed by atoms with E-state index in [9.17, 15) is 4.79 Å². The summed E-state index contributed by atoms with van der Waals surface area (Å²) in [6, 6.07) is 0. The molecule has 0 saturated heterocycles. The van der Waals surface area contributed by atoms with E-state index in [2.05, 4.69) is 5.10 Å². The van der Waals surface area contributed by atoms with Gasteiger partial charge in [-0.05, 0) is 18.4 Å². The van der Waals surface area contributed by atoms with Crippen LogP contribution in [0.15, 0.2) is 6.20 Å². The Labute approximate surface area is 82.5 Å². The summed E-state index contributed by atoms with van der Waals surface area (Å²) in [7, 11) is 1.88. The lowest BCUT2D eigenvalue weighted by molar-refractivity contribution is -0.142. The second-order valence-corrected chi connectivity index (χ2v) is 4.09. The molecule has 4 heteroatoms. The van der Waals surface area contributed by atoms with Gasteiger partial charge in [0.15, 0.2) is 0 Å². The number of aliphatic carboxylic acids is 1. The first-order chi connectivity index (χ1) is 6.58. The number of fused-ring (bicyclic) bond motifs is 1. The molecule has 2 unspecified atom stereocenters. The fraction of sp³-hybridized carbons (Fsp3) is 0.600. The molecule has 0 saturated carbocycles. The Morgan fingerprint density at radius 2 is 2.43 bits per heavy atom. The molecule has 0 bridgehead atoms. The normalized spacial score (nSPS) is 25.9. The Kier molecular flexibility index (Phi) is 2.06. The molecule has 0 spiro atoms. The summed E-state index contributed by atoms with van der Waals surface area (Å²) in [5, 5.41) is 13.3. The van der Waals surface area contributed by atoms with Gasteiger partial charge in [-0.1, -0.05) is 6.92 Å². The fourth-order valence-corrected chi connectivity index (χ4v) is 2.20. The monoisotopic (exact) mass is 194 g/mol. The highest BCUT2D eigenvalue weighted by Crippen LogP contribution is 2.33. The van der Waals surface area contributed by atoms with Crippen LogP contribution in [-0.4, -0.2) is 20.9 Å². The summed E-state index contributed by atoms with van der Waals surface area (Å²) in [6.45, 7) is 2.04. The first kappa shape index (κ1) is 9.24. The zero-order valence-corrected chi connectivity index (χ0v) is 8.40. The molecule has 76 valence electrons. The molecule has 14 heavy (non-hydrogen) atoms. The van der Waals surface area contributed by atoms with Gasteiger partial charge in [0.05, 0.1) is 11.6 Å². The van der Waals surface area contributed by atoms with Crippen LogP contribution in [-0.2, 0) is 18.3 Å². The Balaban J connectivity index is 2.32. The number of rotatable bonds is 1. The molecular formula is C10H14N2O2. The smallest absolute Gasteiger partial charge is 0.306 e. The van der Waals surface area contributed by atoms with Crippen molar-refractivity contribution in [3.05, 3.63) is 17.5 Å². The topological polar surface area (TPSA) is 55.1 Å². The largest absolute Gasteiger partial charge is 0.481 e. The Morgan fingerprint density at radius 3 is 3.07 bits per heavy atom. The molecule has 0 aromatic carbocycles. The maximum Gasteiger partial charge on any atom is 0.306 e. The number of carboxylic acid groups (broad SMARTS) is 1. The molecule has 0 radical (unpaired) electrons. The van der Waals surface area contributed by atoms with Gasteiger partial charge in [-0.25, -0.2) is 0 Å². The Bertz CT molecular complexity index is 370. The van der Waals surface area contributed by atoms with E-state index in [0.717, 1.165) is 11.3 Å². The van der Waals surface area contributed by atoms with Gasteiger partial charge >= 0.3 is 5.97 Å². The number of aryl methyl sites for hydroxylation is 1. The molecule has 2 atom stereocenters. The highest BCUT2D eigenvalue weighted by Gasteiger charge is 2.30. The van der Waals surface area contributed by atoms with E-state index < -0.39 is 5.97 Å². The SMILES string of the molecule is CC1CC(C(=O)O)Cc2cn(C)nc21. The molecule has 1 N–H and O–H groups in total. The van der Waals surface area contributed by atoms with Gasteiger partial charge in [-0.3, -0.25) is 9.48 Å². The second kappa shape index (κ2) is 3.12. The van der Waals surface area contributed by atoms with Crippen LogP contribution in [0.25, 0.3) is 0 Å². The van der Waals surface area contributed by atoms with Crippen LogP contribution in [0.2, 0.25) is 0 Å². The summed E-state index contributed by atoms with van der Waals surface area (Å²) >= 11 is 0. The van der Waals surface area contributed by atoms with Gasteiger partial charge in [0.1, 0.15) is 0 Å². The van der Waals surface area contributed by atoms with Crippen LogP contribution in [0, 0.1) is 5.92 Å². The van der Waals surface area contributed by atoms with E-state index in [-0.39, 0.29) is 11.8 Å². The molecule has 4 nitrogen and oxygen atoms in total.